The largest absolute Gasteiger partial charge is 0.311 e. The summed E-state index contributed by atoms with van der Waals surface area (Å²) in [7, 11) is 0. The first-order chi connectivity index (χ1) is 8.20. The van der Waals surface area contributed by atoms with Gasteiger partial charge in [-0.3, -0.25) is 0 Å². The number of aromatic nitrogens is 2. The SMILES string of the molecule is CCNCc1nnc(-c2cc(F)ccc2Br)s1. The van der Waals surface area contributed by atoms with Gasteiger partial charge in [-0.2, -0.15) is 0 Å². The van der Waals surface area contributed by atoms with E-state index in [-0.39, 0.29) is 5.82 Å². The molecule has 0 amide bonds. The van der Waals surface area contributed by atoms with E-state index in [2.05, 4.69) is 31.4 Å². The van der Waals surface area contributed by atoms with Crippen LogP contribution >= 0.6 is 27.3 Å². The Morgan fingerprint density at radius 1 is 1.41 bits per heavy atom. The lowest BCUT2D eigenvalue weighted by atomic mass is 10.2. The highest BCUT2D eigenvalue weighted by molar-refractivity contribution is 9.10. The minimum absolute atomic E-state index is 0.272. The summed E-state index contributed by atoms with van der Waals surface area (Å²) in [4.78, 5) is 0. The standard InChI is InChI=1S/C11H11BrFN3S/c1-2-14-6-10-15-16-11(17-10)8-5-7(13)3-4-9(8)12/h3-5,14H,2,6H2,1H3. The quantitative estimate of drug-likeness (QED) is 0.941. The molecule has 0 aliphatic carbocycles. The molecule has 0 aliphatic rings. The monoisotopic (exact) mass is 315 g/mol. The van der Waals surface area contributed by atoms with Gasteiger partial charge >= 0.3 is 0 Å². The predicted octanol–water partition coefficient (Wildman–Crippen LogP) is 3.22. The molecule has 1 N–H and O–H groups in total. The summed E-state index contributed by atoms with van der Waals surface area (Å²) < 4.78 is 14.0. The van der Waals surface area contributed by atoms with Crippen LogP contribution in [0.15, 0.2) is 22.7 Å². The number of nitrogens with zero attached hydrogens (tertiary/aromatic N) is 2. The molecule has 1 aromatic carbocycles. The second-order valence-corrected chi connectivity index (χ2v) is 5.32. The van der Waals surface area contributed by atoms with Crippen LogP contribution < -0.4 is 5.32 Å². The molecular weight excluding hydrogens is 305 g/mol. The first-order valence-electron chi connectivity index (χ1n) is 5.19. The minimum Gasteiger partial charge on any atom is -0.311 e. The van der Waals surface area contributed by atoms with Crippen molar-refractivity contribution < 1.29 is 4.39 Å². The molecule has 2 aromatic rings. The van der Waals surface area contributed by atoms with Crippen LogP contribution in [0, 0.1) is 5.82 Å². The van der Waals surface area contributed by atoms with Gasteiger partial charge in [-0.1, -0.05) is 34.2 Å². The van der Waals surface area contributed by atoms with Crippen LogP contribution in [0.5, 0.6) is 0 Å². The molecule has 0 unspecified atom stereocenters. The average Bonchev–Trinajstić information content (AvgIpc) is 2.78. The van der Waals surface area contributed by atoms with Crippen LogP contribution in [0.2, 0.25) is 0 Å². The zero-order valence-electron chi connectivity index (χ0n) is 9.20. The van der Waals surface area contributed by atoms with E-state index in [1.807, 2.05) is 6.92 Å². The van der Waals surface area contributed by atoms with Crippen LogP contribution in [0.4, 0.5) is 4.39 Å². The smallest absolute Gasteiger partial charge is 0.149 e. The van der Waals surface area contributed by atoms with Gasteiger partial charge in [0.1, 0.15) is 15.8 Å². The molecule has 0 atom stereocenters. The normalized spacial score (nSPS) is 10.8. The van der Waals surface area contributed by atoms with Crippen molar-refractivity contribution in [3.63, 3.8) is 0 Å². The molecule has 0 spiro atoms. The Morgan fingerprint density at radius 2 is 2.24 bits per heavy atom. The number of halogens is 2. The summed E-state index contributed by atoms with van der Waals surface area (Å²) in [6.07, 6.45) is 0. The summed E-state index contributed by atoms with van der Waals surface area (Å²) in [5.74, 6) is -0.272. The van der Waals surface area contributed by atoms with Crippen LogP contribution in [0.3, 0.4) is 0 Å². The first-order valence-corrected chi connectivity index (χ1v) is 6.80. The van der Waals surface area contributed by atoms with Gasteiger partial charge < -0.3 is 5.32 Å². The summed E-state index contributed by atoms with van der Waals surface area (Å²) in [5, 5.41) is 12.9. The Hall–Kier alpha value is -0.850. The minimum atomic E-state index is -0.272. The second kappa shape index (κ2) is 5.66. The van der Waals surface area contributed by atoms with Gasteiger partial charge in [-0.15, -0.1) is 10.2 Å². The maximum Gasteiger partial charge on any atom is 0.149 e. The van der Waals surface area contributed by atoms with Crippen molar-refractivity contribution in [3.05, 3.63) is 33.5 Å². The fraction of sp³-hybridized carbons (Fsp3) is 0.273. The fourth-order valence-corrected chi connectivity index (χ4v) is 2.73. The molecule has 0 fully saturated rings. The van der Waals surface area contributed by atoms with Crippen LogP contribution in [0.1, 0.15) is 11.9 Å². The molecule has 1 heterocycles. The number of hydrogen-bond donors (Lipinski definition) is 1. The first kappa shape index (κ1) is 12.6. The van der Waals surface area contributed by atoms with Crippen molar-refractivity contribution in [2.45, 2.75) is 13.5 Å². The van der Waals surface area contributed by atoms with Gasteiger partial charge in [-0.05, 0) is 24.7 Å². The number of benzene rings is 1. The van der Waals surface area contributed by atoms with E-state index < -0.39 is 0 Å². The molecule has 3 nitrogen and oxygen atoms in total. The summed E-state index contributed by atoms with van der Waals surface area (Å²) in [6.45, 7) is 3.62. The molecule has 1 aromatic heterocycles. The molecule has 0 bridgehead atoms. The molecule has 17 heavy (non-hydrogen) atoms. The van der Waals surface area contributed by atoms with Gasteiger partial charge in [0.15, 0.2) is 0 Å². The van der Waals surface area contributed by atoms with E-state index in [4.69, 9.17) is 0 Å². The molecule has 2 rings (SSSR count). The predicted molar refractivity (Wildman–Crippen MR) is 70.4 cm³/mol. The Balaban J connectivity index is 2.27. The lowest BCUT2D eigenvalue weighted by molar-refractivity contribution is 0.628. The lowest BCUT2D eigenvalue weighted by Crippen LogP contribution is -2.11. The Morgan fingerprint density at radius 3 is 3.00 bits per heavy atom. The second-order valence-electron chi connectivity index (χ2n) is 3.41. The summed E-state index contributed by atoms with van der Waals surface area (Å²) in [5.41, 5.74) is 0.741. The number of hydrogen-bond acceptors (Lipinski definition) is 4. The van der Waals surface area contributed by atoms with E-state index in [1.54, 1.807) is 6.07 Å². The summed E-state index contributed by atoms with van der Waals surface area (Å²) >= 11 is 4.85. The maximum absolute atomic E-state index is 13.2. The fourth-order valence-electron chi connectivity index (χ4n) is 1.33. The zero-order valence-corrected chi connectivity index (χ0v) is 11.6. The molecule has 0 radical (unpaired) electrons. The number of nitrogens with one attached hydrogen (secondary N) is 1. The van der Waals surface area contributed by atoms with Gasteiger partial charge in [0, 0.05) is 16.6 Å². The highest BCUT2D eigenvalue weighted by atomic mass is 79.9. The molecule has 0 aliphatic heterocycles. The van der Waals surface area contributed by atoms with Gasteiger partial charge in [0.2, 0.25) is 0 Å². The molecule has 0 saturated heterocycles. The Bertz CT molecular complexity index is 515. The molecular formula is C11H11BrFN3S. The van der Waals surface area contributed by atoms with Crippen LogP contribution in [-0.4, -0.2) is 16.7 Å². The van der Waals surface area contributed by atoms with E-state index in [0.29, 0.717) is 6.54 Å². The highest BCUT2D eigenvalue weighted by Gasteiger charge is 2.10. The van der Waals surface area contributed by atoms with Crippen molar-refractivity contribution in [2.75, 3.05) is 6.54 Å². The number of rotatable bonds is 4. The molecule has 0 saturated carbocycles. The third-order valence-electron chi connectivity index (χ3n) is 2.15. The van der Waals surface area contributed by atoms with Crippen molar-refractivity contribution in [1.29, 1.82) is 0 Å². The van der Waals surface area contributed by atoms with Crippen LogP contribution in [0.25, 0.3) is 10.6 Å². The van der Waals surface area contributed by atoms with Gasteiger partial charge in [0.05, 0.1) is 0 Å². The van der Waals surface area contributed by atoms with E-state index in [1.165, 1.54) is 23.5 Å². The lowest BCUT2D eigenvalue weighted by Gasteiger charge is -1.99. The van der Waals surface area contributed by atoms with Gasteiger partial charge in [0.25, 0.3) is 0 Å². The third kappa shape index (κ3) is 3.08. The van der Waals surface area contributed by atoms with Crippen molar-refractivity contribution in [3.8, 4) is 10.6 Å². The Kier molecular flexibility index (Phi) is 4.20. The summed E-state index contributed by atoms with van der Waals surface area (Å²) in [6, 6.07) is 4.55. The molecule has 6 heteroatoms. The maximum atomic E-state index is 13.2. The topological polar surface area (TPSA) is 37.8 Å². The van der Waals surface area contributed by atoms with E-state index in [0.717, 1.165) is 26.6 Å². The molecule has 90 valence electrons. The zero-order chi connectivity index (χ0) is 12.3. The van der Waals surface area contributed by atoms with E-state index in [9.17, 15) is 4.39 Å². The van der Waals surface area contributed by atoms with Crippen molar-refractivity contribution in [1.82, 2.24) is 15.5 Å². The van der Waals surface area contributed by atoms with Crippen LogP contribution in [-0.2, 0) is 6.54 Å². The highest BCUT2D eigenvalue weighted by Crippen LogP contribution is 2.30. The van der Waals surface area contributed by atoms with Crippen molar-refractivity contribution >= 4 is 27.3 Å². The van der Waals surface area contributed by atoms with E-state index >= 15 is 0 Å². The average molecular weight is 316 g/mol. The Labute approximate surface area is 111 Å². The van der Waals surface area contributed by atoms with Crippen molar-refractivity contribution in [2.24, 2.45) is 0 Å². The van der Waals surface area contributed by atoms with Gasteiger partial charge in [-0.25, -0.2) is 4.39 Å². The third-order valence-corrected chi connectivity index (χ3v) is 3.80.